The second-order valence-corrected chi connectivity index (χ2v) is 1.26. The summed E-state index contributed by atoms with van der Waals surface area (Å²) in [5.74, 6) is -2.35. The third kappa shape index (κ3) is 5.34. The van der Waals surface area contributed by atoms with Gasteiger partial charge in [-0.15, -0.1) is 0 Å². The first-order chi connectivity index (χ1) is 4.48. The Morgan fingerprint density at radius 3 is 2.18 bits per heavy atom. The Morgan fingerprint density at radius 1 is 1.45 bits per heavy atom. The molecule has 11 heavy (non-hydrogen) atoms. The molecule has 0 fully saturated rings. The number of halogens is 3. The molecule has 0 saturated heterocycles. The SMILES string of the molecule is N.O=CCOC(=O)C(F)(F)F. The molecule has 0 radical (unpaired) electrons. The highest BCUT2D eigenvalue weighted by Crippen LogP contribution is 2.15. The minimum Gasteiger partial charge on any atom is -0.451 e. The average molecular weight is 173 g/mol. The van der Waals surface area contributed by atoms with Crippen molar-refractivity contribution in [2.24, 2.45) is 0 Å². The van der Waals surface area contributed by atoms with Crippen LogP contribution in [-0.2, 0) is 14.3 Å². The molecule has 0 rings (SSSR count). The second-order valence-electron chi connectivity index (χ2n) is 1.26. The minimum atomic E-state index is -5.01. The van der Waals surface area contributed by atoms with E-state index in [0.717, 1.165) is 0 Å². The van der Waals surface area contributed by atoms with Gasteiger partial charge >= 0.3 is 12.1 Å². The van der Waals surface area contributed by atoms with Gasteiger partial charge in [0, 0.05) is 0 Å². The van der Waals surface area contributed by atoms with Crippen molar-refractivity contribution < 1.29 is 27.5 Å². The molecule has 0 atom stereocenters. The van der Waals surface area contributed by atoms with Crippen molar-refractivity contribution in [2.45, 2.75) is 6.18 Å². The van der Waals surface area contributed by atoms with E-state index >= 15 is 0 Å². The predicted molar refractivity (Wildman–Crippen MR) is 28.1 cm³/mol. The maximum atomic E-state index is 11.2. The minimum absolute atomic E-state index is 0. The second kappa shape index (κ2) is 4.67. The fourth-order valence-electron chi connectivity index (χ4n) is 0.192. The third-order valence-corrected chi connectivity index (χ3v) is 0.514. The van der Waals surface area contributed by atoms with Gasteiger partial charge in [0.05, 0.1) is 0 Å². The van der Waals surface area contributed by atoms with E-state index in [9.17, 15) is 22.8 Å². The van der Waals surface area contributed by atoms with Gasteiger partial charge in [0.1, 0.15) is 6.61 Å². The zero-order chi connectivity index (χ0) is 8.20. The Balaban J connectivity index is 0. The van der Waals surface area contributed by atoms with Crippen LogP contribution < -0.4 is 6.15 Å². The summed E-state index contributed by atoms with van der Waals surface area (Å²) in [6, 6.07) is 0. The van der Waals surface area contributed by atoms with Gasteiger partial charge < -0.3 is 10.9 Å². The van der Waals surface area contributed by atoms with Crippen LogP contribution in [0.15, 0.2) is 0 Å². The Hall–Kier alpha value is -1.11. The van der Waals surface area contributed by atoms with E-state index in [0.29, 0.717) is 0 Å². The smallest absolute Gasteiger partial charge is 0.451 e. The van der Waals surface area contributed by atoms with Crippen LogP contribution in [0.4, 0.5) is 13.2 Å². The highest BCUT2D eigenvalue weighted by atomic mass is 19.4. The summed E-state index contributed by atoms with van der Waals surface area (Å²) in [6.07, 6.45) is -4.95. The number of esters is 1. The van der Waals surface area contributed by atoms with Crippen molar-refractivity contribution in [3.05, 3.63) is 0 Å². The Morgan fingerprint density at radius 2 is 1.91 bits per heavy atom. The van der Waals surface area contributed by atoms with E-state index in [1.165, 1.54) is 0 Å². The van der Waals surface area contributed by atoms with Crippen LogP contribution in [0.25, 0.3) is 0 Å². The summed E-state index contributed by atoms with van der Waals surface area (Å²) >= 11 is 0. The van der Waals surface area contributed by atoms with Gasteiger partial charge in [-0.1, -0.05) is 0 Å². The lowest BCUT2D eigenvalue weighted by atomic mass is 10.6. The first-order valence-corrected chi connectivity index (χ1v) is 2.16. The highest BCUT2D eigenvalue weighted by molar-refractivity contribution is 5.76. The molecule has 0 amide bonds. The quantitative estimate of drug-likeness (QED) is 0.485. The molecule has 0 aliphatic carbocycles. The molecular formula is C4H6F3NO3. The Kier molecular flexibility index (Phi) is 5.33. The normalized spacial score (nSPS) is 9.73. The number of aldehydes is 1. The zero-order valence-corrected chi connectivity index (χ0v) is 5.35. The molecule has 0 unspecified atom stereocenters. The zero-order valence-electron chi connectivity index (χ0n) is 5.35. The van der Waals surface area contributed by atoms with Crippen LogP contribution in [0, 0.1) is 0 Å². The van der Waals surface area contributed by atoms with Crippen molar-refractivity contribution in [1.82, 2.24) is 6.15 Å². The largest absolute Gasteiger partial charge is 0.490 e. The van der Waals surface area contributed by atoms with Crippen molar-refractivity contribution >= 4 is 12.3 Å². The van der Waals surface area contributed by atoms with Crippen molar-refractivity contribution in [3.63, 3.8) is 0 Å². The lowest BCUT2D eigenvalue weighted by Crippen LogP contribution is -2.25. The first kappa shape index (κ1) is 12.6. The van der Waals surface area contributed by atoms with Crippen molar-refractivity contribution in [3.8, 4) is 0 Å². The fourth-order valence-corrected chi connectivity index (χ4v) is 0.192. The molecule has 4 nitrogen and oxygen atoms in total. The lowest BCUT2D eigenvalue weighted by Gasteiger charge is -2.02. The van der Waals surface area contributed by atoms with Crippen LogP contribution in [0.3, 0.4) is 0 Å². The fraction of sp³-hybridized carbons (Fsp3) is 0.500. The van der Waals surface area contributed by atoms with E-state index < -0.39 is 18.8 Å². The molecular weight excluding hydrogens is 167 g/mol. The summed E-state index contributed by atoms with van der Waals surface area (Å²) in [7, 11) is 0. The topological polar surface area (TPSA) is 78.4 Å². The summed E-state index contributed by atoms with van der Waals surface area (Å²) in [5, 5.41) is 0. The lowest BCUT2D eigenvalue weighted by molar-refractivity contribution is -0.199. The summed E-state index contributed by atoms with van der Waals surface area (Å²) < 4.78 is 37.0. The summed E-state index contributed by atoms with van der Waals surface area (Å²) in [5.41, 5.74) is 0. The van der Waals surface area contributed by atoms with Crippen LogP contribution in [0.5, 0.6) is 0 Å². The number of hydrogen-bond acceptors (Lipinski definition) is 4. The van der Waals surface area contributed by atoms with Gasteiger partial charge in [-0.2, -0.15) is 13.2 Å². The van der Waals surface area contributed by atoms with E-state index in [4.69, 9.17) is 0 Å². The van der Waals surface area contributed by atoms with Crippen molar-refractivity contribution in [2.75, 3.05) is 6.61 Å². The highest BCUT2D eigenvalue weighted by Gasteiger charge is 2.40. The average Bonchev–Trinajstić information content (AvgIpc) is 1.80. The predicted octanol–water partition coefficient (Wildman–Crippen LogP) is 0.453. The van der Waals surface area contributed by atoms with E-state index in [1.807, 2.05) is 0 Å². The van der Waals surface area contributed by atoms with E-state index in [2.05, 4.69) is 4.74 Å². The molecule has 0 aromatic heterocycles. The van der Waals surface area contributed by atoms with Gasteiger partial charge in [-0.05, 0) is 0 Å². The van der Waals surface area contributed by atoms with Gasteiger partial charge in [0.2, 0.25) is 0 Å². The van der Waals surface area contributed by atoms with E-state index in [-0.39, 0.29) is 12.4 Å². The number of carbonyl (C=O) groups is 2. The van der Waals surface area contributed by atoms with Crippen LogP contribution in [0.1, 0.15) is 0 Å². The van der Waals surface area contributed by atoms with E-state index in [1.54, 1.807) is 0 Å². The van der Waals surface area contributed by atoms with Gasteiger partial charge in [0.25, 0.3) is 0 Å². The summed E-state index contributed by atoms with van der Waals surface area (Å²) in [4.78, 5) is 19.1. The standard InChI is InChI=1S/C4H3F3O3.H3N/c5-4(6,7)3(9)10-2-1-8;/h1H,2H2;1H3. The third-order valence-electron chi connectivity index (χ3n) is 0.514. The molecule has 0 aliphatic heterocycles. The number of alkyl halides is 3. The number of ether oxygens (including phenoxy) is 1. The number of hydrogen-bond donors (Lipinski definition) is 1. The Bertz CT molecular complexity index is 144. The molecule has 0 aromatic carbocycles. The molecule has 66 valence electrons. The number of carbonyl (C=O) groups excluding carboxylic acids is 2. The number of rotatable bonds is 2. The maximum absolute atomic E-state index is 11.2. The van der Waals surface area contributed by atoms with Gasteiger partial charge in [-0.25, -0.2) is 4.79 Å². The first-order valence-electron chi connectivity index (χ1n) is 2.16. The van der Waals surface area contributed by atoms with Crippen LogP contribution in [0.2, 0.25) is 0 Å². The molecule has 0 aromatic rings. The molecule has 7 heteroatoms. The molecule has 0 heterocycles. The molecule has 3 N–H and O–H groups in total. The van der Waals surface area contributed by atoms with Gasteiger partial charge in [-0.3, -0.25) is 4.79 Å². The molecule has 0 spiro atoms. The maximum Gasteiger partial charge on any atom is 0.490 e. The Labute approximate surface area is 59.9 Å². The molecule has 0 saturated carbocycles. The molecule has 0 bridgehead atoms. The summed E-state index contributed by atoms with van der Waals surface area (Å²) in [6.45, 7) is -0.863. The van der Waals surface area contributed by atoms with Crippen LogP contribution in [-0.4, -0.2) is 25.0 Å². The van der Waals surface area contributed by atoms with Crippen LogP contribution >= 0.6 is 0 Å². The monoisotopic (exact) mass is 173 g/mol. The van der Waals surface area contributed by atoms with Crippen molar-refractivity contribution in [1.29, 1.82) is 0 Å². The van der Waals surface area contributed by atoms with Gasteiger partial charge in [0.15, 0.2) is 6.29 Å². The molecule has 0 aliphatic rings.